The molecular weight excluding hydrogens is 903 g/mol. The van der Waals surface area contributed by atoms with E-state index in [1.165, 1.54) is 0 Å². The van der Waals surface area contributed by atoms with E-state index in [0.29, 0.717) is 0 Å². The molecule has 0 atom stereocenters. The molecule has 0 bridgehead atoms. The molecule has 0 saturated carbocycles. The molecule has 9 N–H and O–H groups in total. The summed E-state index contributed by atoms with van der Waals surface area (Å²) in [5, 5.41) is 104. The summed E-state index contributed by atoms with van der Waals surface area (Å²) in [5.41, 5.74) is 10.0. The number of nitrogens with zero attached hydrogens (tertiary/aromatic N) is 17. The molecule has 0 radical (unpaired) electrons. The number of aromatic nitrogens is 11. The minimum Gasteiger partial charge on any atom is -0.479 e. The van der Waals surface area contributed by atoms with Crippen LogP contribution in [0.5, 0.6) is 6.01 Å². The summed E-state index contributed by atoms with van der Waals surface area (Å²) in [6.07, 6.45) is 2.24. The molecule has 28 heteroatoms. The fraction of sp³-hybridized carbons (Fsp3) is 0.195. The lowest BCUT2D eigenvalue weighted by Crippen LogP contribution is -2.16. The van der Waals surface area contributed by atoms with Crippen molar-refractivity contribution in [3.05, 3.63) is 93.6 Å². The van der Waals surface area contributed by atoms with E-state index < -0.39 is 40.7 Å². The second-order valence-corrected chi connectivity index (χ2v) is 16.7. The van der Waals surface area contributed by atoms with Gasteiger partial charge in [0, 0.05) is 10.8 Å². The number of nitrogens with two attached hydrogens (primary N) is 2. The van der Waals surface area contributed by atoms with Gasteiger partial charge in [0.15, 0.2) is 34.6 Å². The van der Waals surface area contributed by atoms with Gasteiger partial charge in [0.2, 0.25) is 0 Å². The second kappa shape index (κ2) is 17.3. The van der Waals surface area contributed by atoms with E-state index in [4.69, 9.17) is 11.5 Å². The Morgan fingerprint density at radius 1 is 0.551 bits per heavy atom. The van der Waals surface area contributed by atoms with E-state index in [0.717, 1.165) is 67.5 Å². The SMILES string of the molecule is CC(C)(C)c1nn(-c2nc(O)nc(-n3nc(C(C)(C)C)c(N=Nc4c(C#N)cnn4-c4cc(C(=O)O)cc(C(=O)O)c4)c3N)n2)c(N)c1N=Nc1c(C#N)cnn1-c1cc(C(=O)O)cc(C(=O)O)c1. The summed E-state index contributed by atoms with van der Waals surface area (Å²) >= 11 is 0. The number of anilines is 2. The lowest BCUT2D eigenvalue weighted by molar-refractivity contribution is 0.0676. The van der Waals surface area contributed by atoms with Crippen molar-refractivity contribution in [3.63, 3.8) is 0 Å². The van der Waals surface area contributed by atoms with Gasteiger partial charge in [0.1, 0.15) is 23.3 Å². The Kier molecular flexibility index (Phi) is 11.7. The zero-order chi connectivity index (χ0) is 50.4. The Bertz CT molecular complexity index is 3170. The Balaban J connectivity index is 1.33. The standard InChI is InChI=1S/C41H35N19O9/c1-40(2,3)27-25(51-53-31-21(13-42)15-46-57(31)23-9-17(33(61)62)7-18(10-23)34(63)64)29(44)59(55-27)37-48-38(50-39(69)49-37)60-30(45)26(28(56-60)41(4,5)6)52-54-32-22(14-43)16-47-58(32)24-11-19(35(65)66)8-20(12-24)36(67)68/h7-12,15-16H,44-45H2,1-6H3,(H,61,62)(H,63,64)(H,65,66)(H,67,68)(H,48,49,50,69). The lowest BCUT2D eigenvalue weighted by atomic mass is 9.91. The molecule has 0 spiro atoms. The van der Waals surface area contributed by atoms with Crippen LogP contribution in [0.15, 0.2) is 69.2 Å². The third-order valence-electron chi connectivity index (χ3n) is 9.72. The van der Waals surface area contributed by atoms with Crippen molar-refractivity contribution in [2.24, 2.45) is 20.5 Å². The maximum absolute atomic E-state index is 11.9. The Morgan fingerprint density at radius 3 is 1.17 bits per heavy atom. The van der Waals surface area contributed by atoms with Gasteiger partial charge in [-0.3, -0.25) is 0 Å². The van der Waals surface area contributed by atoms with Crippen LogP contribution in [0.3, 0.4) is 0 Å². The number of benzene rings is 2. The highest BCUT2D eigenvalue weighted by atomic mass is 16.4. The van der Waals surface area contributed by atoms with Crippen molar-refractivity contribution in [2.75, 3.05) is 11.5 Å². The highest BCUT2D eigenvalue weighted by Crippen LogP contribution is 2.40. The Labute approximate surface area is 386 Å². The van der Waals surface area contributed by atoms with Crippen LogP contribution >= 0.6 is 0 Å². The summed E-state index contributed by atoms with van der Waals surface area (Å²) < 4.78 is 4.08. The second-order valence-electron chi connectivity index (χ2n) is 16.7. The third kappa shape index (κ3) is 8.93. The number of hydrogen-bond donors (Lipinski definition) is 7. The van der Waals surface area contributed by atoms with Gasteiger partial charge < -0.3 is 37.0 Å². The smallest absolute Gasteiger partial charge is 0.335 e. The predicted octanol–water partition coefficient (Wildman–Crippen LogP) is 5.45. The molecule has 5 heterocycles. The molecule has 28 nitrogen and oxygen atoms in total. The highest BCUT2D eigenvalue weighted by Gasteiger charge is 2.31. The first-order valence-electron chi connectivity index (χ1n) is 19.7. The van der Waals surface area contributed by atoms with E-state index in [-0.39, 0.29) is 103 Å². The zero-order valence-corrected chi connectivity index (χ0v) is 36.7. The first-order valence-corrected chi connectivity index (χ1v) is 19.7. The molecule has 69 heavy (non-hydrogen) atoms. The van der Waals surface area contributed by atoms with Gasteiger partial charge in [0.25, 0.3) is 11.9 Å². The Hall–Kier alpha value is -10.3. The molecule has 0 unspecified atom stereocenters. The van der Waals surface area contributed by atoms with Crippen molar-refractivity contribution in [1.29, 1.82) is 10.5 Å². The van der Waals surface area contributed by atoms with Crippen molar-refractivity contribution in [2.45, 2.75) is 52.4 Å². The van der Waals surface area contributed by atoms with E-state index in [2.05, 4.69) is 55.8 Å². The number of aromatic carboxylic acids is 4. The zero-order valence-electron chi connectivity index (χ0n) is 36.7. The van der Waals surface area contributed by atoms with Crippen molar-refractivity contribution in [1.82, 2.24) is 54.1 Å². The van der Waals surface area contributed by atoms with Crippen molar-refractivity contribution >= 4 is 58.5 Å². The normalized spacial score (nSPS) is 11.8. The van der Waals surface area contributed by atoms with Crippen LogP contribution in [0.25, 0.3) is 23.3 Å². The number of nitriles is 2. The number of aromatic hydroxyl groups is 1. The van der Waals surface area contributed by atoms with Crippen LogP contribution in [0.4, 0.5) is 34.6 Å². The molecule has 0 fully saturated rings. The van der Waals surface area contributed by atoms with Crippen molar-refractivity contribution < 1.29 is 44.7 Å². The van der Waals surface area contributed by atoms with Gasteiger partial charge in [-0.25, -0.2) is 28.5 Å². The molecule has 0 amide bonds. The lowest BCUT2D eigenvalue weighted by Gasteiger charge is -2.15. The number of carbonyl (C=O) groups is 4. The van der Waals surface area contributed by atoms with Crippen LogP contribution in [0.2, 0.25) is 0 Å². The fourth-order valence-electron chi connectivity index (χ4n) is 6.46. The first kappa shape index (κ1) is 46.7. The molecular formula is C41H35N19O9. The maximum Gasteiger partial charge on any atom is 0.335 e. The maximum atomic E-state index is 11.9. The largest absolute Gasteiger partial charge is 0.479 e. The van der Waals surface area contributed by atoms with Crippen LogP contribution in [-0.4, -0.2) is 103 Å². The van der Waals surface area contributed by atoms with Crippen LogP contribution in [0.1, 0.15) is 105 Å². The summed E-state index contributed by atoms with van der Waals surface area (Å²) in [6, 6.07) is 9.42. The van der Waals surface area contributed by atoms with Gasteiger partial charge in [-0.1, -0.05) is 41.5 Å². The quantitative estimate of drug-likeness (QED) is 0.0749. The number of azo groups is 2. The molecule has 5 aromatic heterocycles. The average Bonchev–Trinajstić information content (AvgIpc) is 4.06. The van der Waals surface area contributed by atoms with Gasteiger partial charge in [-0.15, -0.1) is 20.5 Å². The van der Waals surface area contributed by atoms with E-state index in [1.807, 2.05) is 12.1 Å². The number of carboxylic acid groups (broad SMARTS) is 4. The van der Waals surface area contributed by atoms with E-state index in [1.54, 1.807) is 41.5 Å². The molecule has 0 aliphatic heterocycles. The van der Waals surface area contributed by atoms with Gasteiger partial charge in [0.05, 0.1) is 57.4 Å². The predicted molar refractivity (Wildman–Crippen MR) is 235 cm³/mol. The molecule has 7 aromatic rings. The molecule has 0 saturated heterocycles. The van der Waals surface area contributed by atoms with Crippen molar-refractivity contribution in [3.8, 4) is 41.4 Å². The summed E-state index contributed by atoms with van der Waals surface area (Å²) in [4.78, 5) is 59.9. The monoisotopic (exact) mass is 937 g/mol. The molecule has 348 valence electrons. The summed E-state index contributed by atoms with van der Waals surface area (Å²) in [6.45, 7) is 10.6. The minimum absolute atomic E-state index is 0.0627. The average molecular weight is 938 g/mol. The topological polar surface area (TPSA) is 428 Å². The fourth-order valence-corrected chi connectivity index (χ4v) is 6.46. The molecule has 0 aliphatic rings. The van der Waals surface area contributed by atoms with E-state index >= 15 is 0 Å². The molecule has 0 aliphatic carbocycles. The summed E-state index contributed by atoms with van der Waals surface area (Å²) in [7, 11) is 0. The van der Waals surface area contributed by atoms with E-state index in [9.17, 15) is 55.2 Å². The van der Waals surface area contributed by atoms with Crippen LogP contribution in [-0.2, 0) is 10.8 Å². The highest BCUT2D eigenvalue weighted by molar-refractivity contribution is 5.96. The Morgan fingerprint density at radius 2 is 0.884 bits per heavy atom. The van der Waals surface area contributed by atoms with Gasteiger partial charge in [-0.2, -0.15) is 55.2 Å². The third-order valence-corrected chi connectivity index (χ3v) is 9.72. The van der Waals surface area contributed by atoms with Gasteiger partial charge in [-0.05, 0) is 36.4 Å². The molecule has 7 rings (SSSR count). The number of hydrogen-bond acceptors (Lipinski definition) is 20. The number of rotatable bonds is 12. The minimum atomic E-state index is -1.42. The number of carboxylic acids is 4. The van der Waals surface area contributed by atoms with Crippen LogP contribution in [0, 0.1) is 22.7 Å². The molecule has 2 aromatic carbocycles. The first-order chi connectivity index (χ1) is 32.4. The van der Waals surface area contributed by atoms with Gasteiger partial charge >= 0.3 is 29.9 Å². The van der Waals surface area contributed by atoms with Crippen LogP contribution < -0.4 is 11.5 Å². The summed E-state index contributed by atoms with van der Waals surface area (Å²) in [5.74, 6) is -7.38. The number of nitrogen functional groups attached to an aromatic ring is 2.